The van der Waals surface area contributed by atoms with Crippen LogP contribution in [0.3, 0.4) is 0 Å². The molecule has 48 heavy (non-hydrogen) atoms. The zero-order chi connectivity index (χ0) is 37.4. The second-order valence-corrected chi connectivity index (χ2v) is 16.0. The molecule has 0 saturated carbocycles. The van der Waals surface area contributed by atoms with Crippen molar-refractivity contribution >= 4 is 21.9 Å². The number of para-hydroxylation sites is 1. The van der Waals surface area contributed by atoms with E-state index in [0.717, 1.165) is 72.7 Å². The van der Waals surface area contributed by atoms with Crippen LogP contribution in [0.25, 0.3) is 55.7 Å². The minimum Gasteiger partial charge on any atom is -0.455 e. The summed E-state index contributed by atoms with van der Waals surface area (Å²) < 4.78 is 34.7. The summed E-state index contributed by atoms with van der Waals surface area (Å²) in [5.41, 5.74) is 8.93. The summed E-state index contributed by atoms with van der Waals surface area (Å²) in [4.78, 5) is 15.0. The van der Waals surface area contributed by atoms with Gasteiger partial charge in [0.25, 0.3) is 0 Å². The zero-order valence-electron chi connectivity index (χ0n) is 33.6. The third-order valence-electron chi connectivity index (χ3n) is 9.23. The van der Waals surface area contributed by atoms with Gasteiger partial charge in [0.15, 0.2) is 12.0 Å². The molecule has 0 aliphatic carbocycles. The lowest BCUT2D eigenvalue weighted by Crippen LogP contribution is -2.31. The van der Waals surface area contributed by atoms with Gasteiger partial charge in [-0.25, -0.2) is 19.5 Å². The van der Waals surface area contributed by atoms with Crippen LogP contribution < -0.4 is 4.57 Å². The third kappa shape index (κ3) is 5.93. The second kappa shape index (κ2) is 11.9. The molecule has 0 fully saturated rings. The van der Waals surface area contributed by atoms with Gasteiger partial charge in [-0.1, -0.05) is 99.6 Å². The third-order valence-corrected chi connectivity index (χ3v) is 9.23. The van der Waals surface area contributed by atoms with Gasteiger partial charge in [0.1, 0.15) is 29.9 Å². The first kappa shape index (κ1) is 29.7. The number of fused-ring (bicyclic) bond motifs is 3. The van der Waals surface area contributed by atoms with Crippen LogP contribution in [0.15, 0.2) is 65.2 Å². The van der Waals surface area contributed by atoms with Crippen molar-refractivity contribution in [3.8, 4) is 33.8 Å². The molecule has 0 aliphatic rings. The Labute approximate surface area is 290 Å². The van der Waals surface area contributed by atoms with Crippen molar-refractivity contribution in [3.05, 3.63) is 94.7 Å². The molecule has 0 bridgehead atoms. The Balaban J connectivity index is 1.70. The standard InChI is InChI=1S/C43H51N4O/c1-24(2)31-20-28(39-44-40(42(7,8)9)46-41(45-39)43(10,11)12)21-32(25(3)4)37(31)33-22-34(47(13)23-27(33)6)36-26(5)18-19-30-29-16-14-15-17-35(29)48-38(30)36/h14-25H,1-13H3/q+1/i6D3. The van der Waals surface area contributed by atoms with Gasteiger partial charge in [-0.2, -0.15) is 0 Å². The van der Waals surface area contributed by atoms with E-state index in [2.05, 4.69) is 113 Å². The van der Waals surface area contributed by atoms with Crippen molar-refractivity contribution < 1.29 is 13.1 Å². The van der Waals surface area contributed by atoms with E-state index in [4.69, 9.17) is 23.5 Å². The molecule has 248 valence electrons. The van der Waals surface area contributed by atoms with E-state index >= 15 is 0 Å². The van der Waals surface area contributed by atoms with Crippen LogP contribution in [0.1, 0.15) is 119 Å². The summed E-state index contributed by atoms with van der Waals surface area (Å²) in [5.74, 6) is 2.28. The van der Waals surface area contributed by atoms with Gasteiger partial charge in [-0.3, -0.25) is 0 Å². The van der Waals surface area contributed by atoms with Crippen LogP contribution in [-0.2, 0) is 17.9 Å². The normalized spacial score (nSPS) is 13.8. The number of pyridine rings is 1. The lowest BCUT2D eigenvalue weighted by Gasteiger charge is -2.25. The van der Waals surface area contributed by atoms with Gasteiger partial charge >= 0.3 is 0 Å². The molecule has 6 aromatic rings. The van der Waals surface area contributed by atoms with Crippen molar-refractivity contribution in [2.75, 3.05) is 0 Å². The van der Waals surface area contributed by atoms with Crippen LogP contribution in [0, 0.1) is 13.8 Å². The topological polar surface area (TPSA) is 55.7 Å². The molecule has 0 N–H and O–H groups in total. The first-order valence-electron chi connectivity index (χ1n) is 18.6. The Kier molecular flexibility index (Phi) is 7.40. The first-order chi connectivity index (χ1) is 23.7. The molecule has 5 nitrogen and oxygen atoms in total. The lowest BCUT2D eigenvalue weighted by molar-refractivity contribution is -0.660. The Hall–Kier alpha value is -4.38. The number of hydrogen-bond donors (Lipinski definition) is 0. The summed E-state index contributed by atoms with van der Waals surface area (Å²) in [7, 11) is 1.92. The number of hydrogen-bond acceptors (Lipinski definition) is 4. The van der Waals surface area contributed by atoms with Gasteiger partial charge in [0, 0.05) is 42.9 Å². The molecule has 0 aliphatic heterocycles. The van der Waals surface area contributed by atoms with E-state index in [1.54, 1.807) is 6.20 Å². The highest BCUT2D eigenvalue weighted by molar-refractivity contribution is 6.09. The fraction of sp³-hybridized carbons (Fsp3) is 0.395. The fourth-order valence-electron chi connectivity index (χ4n) is 6.52. The van der Waals surface area contributed by atoms with E-state index in [0.29, 0.717) is 17.0 Å². The minimum absolute atomic E-state index is 0.0749. The quantitative estimate of drug-likeness (QED) is 0.176. The fourth-order valence-corrected chi connectivity index (χ4v) is 6.52. The number of rotatable bonds is 5. The predicted molar refractivity (Wildman–Crippen MR) is 200 cm³/mol. The molecule has 6 rings (SSSR count). The average Bonchev–Trinajstić information content (AvgIpc) is 3.41. The van der Waals surface area contributed by atoms with Crippen molar-refractivity contribution in [2.24, 2.45) is 7.05 Å². The van der Waals surface area contributed by atoms with Gasteiger partial charge in [-0.05, 0) is 71.6 Å². The number of nitrogens with zero attached hydrogens (tertiary/aromatic N) is 4. The predicted octanol–water partition coefficient (Wildman–Crippen LogP) is 11.1. The minimum atomic E-state index is -2.36. The van der Waals surface area contributed by atoms with E-state index in [9.17, 15) is 0 Å². The maximum absolute atomic E-state index is 8.75. The van der Waals surface area contributed by atoms with Crippen LogP contribution >= 0.6 is 0 Å². The van der Waals surface area contributed by atoms with Crippen LogP contribution in [0.2, 0.25) is 0 Å². The van der Waals surface area contributed by atoms with Crippen molar-refractivity contribution in [1.29, 1.82) is 0 Å². The maximum atomic E-state index is 8.75. The molecule has 3 aromatic heterocycles. The summed E-state index contributed by atoms with van der Waals surface area (Å²) >= 11 is 0. The molecule has 5 heteroatoms. The maximum Gasteiger partial charge on any atom is 0.216 e. The second-order valence-electron chi connectivity index (χ2n) is 16.0. The summed E-state index contributed by atoms with van der Waals surface area (Å²) in [6, 6.07) is 18.7. The molecule has 0 unspecified atom stereocenters. The van der Waals surface area contributed by atoms with Crippen molar-refractivity contribution in [1.82, 2.24) is 15.0 Å². The highest BCUT2D eigenvalue weighted by atomic mass is 16.3. The zero-order valence-corrected chi connectivity index (χ0v) is 30.6. The lowest BCUT2D eigenvalue weighted by atomic mass is 9.82. The molecule has 0 atom stereocenters. The Morgan fingerprint density at radius 2 is 1.33 bits per heavy atom. The number of aryl methyl sites for hydroxylation is 3. The Morgan fingerprint density at radius 1 is 0.729 bits per heavy atom. The van der Waals surface area contributed by atoms with E-state index < -0.39 is 6.85 Å². The highest BCUT2D eigenvalue weighted by Crippen LogP contribution is 2.43. The van der Waals surface area contributed by atoms with Crippen molar-refractivity contribution in [2.45, 2.75) is 106 Å². The van der Waals surface area contributed by atoms with Gasteiger partial charge in [0.2, 0.25) is 5.69 Å². The SMILES string of the molecule is [2H]C([2H])([2H])c1c[n+](C)c(-c2c(C)ccc3c2oc2ccccc23)cc1-c1c(C(C)C)cc(-c2nc(C(C)(C)C)nc(C(C)(C)C)n2)cc1C(C)C. The van der Waals surface area contributed by atoms with Crippen LogP contribution in [-0.4, -0.2) is 15.0 Å². The van der Waals surface area contributed by atoms with E-state index in [1.165, 1.54) is 0 Å². The number of aromatic nitrogens is 4. The molecule has 0 amide bonds. The van der Waals surface area contributed by atoms with Crippen LogP contribution in [0.4, 0.5) is 0 Å². The Morgan fingerprint density at radius 3 is 1.90 bits per heavy atom. The van der Waals surface area contributed by atoms with Gasteiger partial charge in [-0.15, -0.1) is 0 Å². The smallest absolute Gasteiger partial charge is 0.216 e. The van der Waals surface area contributed by atoms with E-state index in [-0.39, 0.29) is 22.7 Å². The average molecular weight is 643 g/mol. The van der Waals surface area contributed by atoms with Gasteiger partial charge in [0.05, 0.1) is 5.56 Å². The summed E-state index contributed by atoms with van der Waals surface area (Å²) in [6.07, 6.45) is 1.79. The Bertz CT molecular complexity index is 2240. The number of furan rings is 1. The van der Waals surface area contributed by atoms with Crippen molar-refractivity contribution in [3.63, 3.8) is 0 Å². The first-order valence-corrected chi connectivity index (χ1v) is 17.1. The summed E-state index contributed by atoms with van der Waals surface area (Å²) in [5, 5.41) is 2.09. The number of benzene rings is 3. The van der Waals surface area contributed by atoms with Crippen LogP contribution in [0.5, 0.6) is 0 Å². The van der Waals surface area contributed by atoms with E-state index in [1.807, 2.05) is 29.8 Å². The molecule has 0 saturated heterocycles. The monoisotopic (exact) mass is 642 g/mol. The highest BCUT2D eigenvalue weighted by Gasteiger charge is 2.29. The molecule has 0 radical (unpaired) electrons. The molecule has 3 heterocycles. The largest absolute Gasteiger partial charge is 0.455 e. The van der Waals surface area contributed by atoms with Gasteiger partial charge < -0.3 is 4.42 Å². The summed E-state index contributed by atoms with van der Waals surface area (Å²) in [6.45, 7) is 21.1. The molecular formula is C43H51N4O+. The molecular weight excluding hydrogens is 589 g/mol. The molecule has 3 aromatic carbocycles. The molecule has 0 spiro atoms.